The summed E-state index contributed by atoms with van der Waals surface area (Å²) in [6, 6.07) is 7.62. The van der Waals surface area contributed by atoms with Crippen LogP contribution in [-0.2, 0) is 4.79 Å². The lowest BCUT2D eigenvalue weighted by molar-refractivity contribution is -0.123. The minimum Gasteiger partial charge on any atom is -0.348 e. The molecule has 1 aliphatic heterocycles. The molecule has 4 nitrogen and oxygen atoms in total. The Labute approximate surface area is 138 Å². The van der Waals surface area contributed by atoms with Crippen LogP contribution in [0, 0.1) is 0 Å². The summed E-state index contributed by atoms with van der Waals surface area (Å²) in [5, 5.41) is 3.75. The third kappa shape index (κ3) is 5.27. The number of benzene rings is 1. The van der Waals surface area contributed by atoms with Gasteiger partial charge in [-0.3, -0.25) is 9.69 Å². The summed E-state index contributed by atoms with van der Waals surface area (Å²) in [4.78, 5) is 16.9. The van der Waals surface area contributed by atoms with Gasteiger partial charge in [0.1, 0.15) is 0 Å². The molecular formula is C17H26ClN3O. The summed E-state index contributed by atoms with van der Waals surface area (Å²) < 4.78 is 0. The minimum atomic E-state index is -0.0208. The minimum absolute atomic E-state index is 0.0208. The van der Waals surface area contributed by atoms with Crippen molar-refractivity contribution < 1.29 is 4.79 Å². The van der Waals surface area contributed by atoms with Gasteiger partial charge in [0, 0.05) is 31.2 Å². The molecule has 0 aliphatic carbocycles. The largest absolute Gasteiger partial charge is 0.348 e. The van der Waals surface area contributed by atoms with E-state index >= 15 is 0 Å². The van der Waals surface area contributed by atoms with E-state index in [1.54, 1.807) is 0 Å². The van der Waals surface area contributed by atoms with Gasteiger partial charge in [0.15, 0.2) is 0 Å². The van der Waals surface area contributed by atoms with Gasteiger partial charge in [-0.05, 0) is 37.6 Å². The second-order valence-electron chi connectivity index (χ2n) is 5.96. The quantitative estimate of drug-likeness (QED) is 0.874. The van der Waals surface area contributed by atoms with Crippen molar-refractivity contribution in [1.29, 1.82) is 0 Å². The normalized spacial score (nSPS) is 18.1. The van der Waals surface area contributed by atoms with Gasteiger partial charge in [0.25, 0.3) is 0 Å². The highest BCUT2D eigenvalue weighted by Crippen LogP contribution is 2.17. The second-order valence-corrected chi connectivity index (χ2v) is 6.40. The lowest BCUT2D eigenvalue weighted by atomic mass is 10.1. The topological polar surface area (TPSA) is 35.6 Å². The highest BCUT2D eigenvalue weighted by atomic mass is 35.5. The summed E-state index contributed by atoms with van der Waals surface area (Å²) in [5.74, 6) is 0.0800. The highest BCUT2D eigenvalue weighted by molar-refractivity contribution is 6.30. The molecule has 0 unspecified atom stereocenters. The van der Waals surface area contributed by atoms with E-state index in [2.05, 4.69) is 22.0 Å². The van der Waals surface area contributed by atoms with Crippen molar-refractivity contribution >= 4 is 17.5 Å². The van der Waals surface area contributed by atoms with E-state index in [0.717, 1.165) is 38.3 Å². The SMILES string of the molecule is CCCN1CCN(CC(=O)N[C@H](C)c2cccc(Cl)c2)CC1. The average molecular weight is 324 g/mol. The van der Waals surface area contributed by atoms with E-state index in [0.29, 0.717) is 11.6 Å². The van der Waals surface area contributed by atoms with Crippen LogP contribution < -0.4 is 5.32 Å². The molecule has 5 heteroatoms. The molecule has 1 saturated heterocycles. The number of rotatable bonds is 6. The van der Waals surface area contributed by atoms with Gasteiger partial charge >= 0.3 is 0 Å². The first kappa shape index (κ1) is 17.3. The summed E-state index contributed by atoms with van der Waals surface area (Å²) in [5.41, 5.74) is 1.04. The number of halogens is 1. The van der Waals surface area contributed by atoms with E-state index < -0.39 is 0 Å². The molecule has 0 spiro atoms. The smallest absolute Gasteiger partial charge is 0.234 e. The molecule has 122 valence electrons. The van der Waals surface area contributed by atoms with Crippen LogP contribution in [0.5, 0.6) is 0 Å². The Morgan fingerprint density at radius 3 is 2.59 bits per heavy atom. The maximum atomic E-state index is 12.2. The van der Waals surface area contributed by atoms with Crippen molar-refractivity contribution in [2.24, 2.45) is 0 Å². The summed E-state index contributed by atoms with van der Waals surface area (Å²) in [6.45, 7) is 9.89. The molecule has 1 fully saturated rings. The summed E-state index contributed by atoms with van der Waals surface area (Å²) >= 11 is 5.99. The van der Waals surface area contributed by atoms with E-state index in [-0.39, 0.29) is 11.9 Å². The maximum absolute atomic E-state index is 12.2. The van der Waals surface area contributed by atoms with E-state index in [1.807, 2.05) is 31.2 Å². The Balaban J connectivity index is 1.76. The van der Waals surface area contributed by atoms with Crippen LogP contribution in [-0.4, -0.2) is 55.0 Å². The van der Waals surface area contributed by atoms with Gasteiger partial charge in [-0.15, -0.1) is 0 Å². The highest BCUT2D eigenvalue weighted by Gasteiger charge is 2.19. The fourth-order valence-corrected chi connectivity index (χ4v) is 3.04. The predicted molar refractivity (Wildman–Crippen MR) is 91.2 cm³/mol. The Morgan fingerprint density at radius 1 is 1.27 bits per heavy atom. The number of nitrogens with zero attached hydrogens (tertiary/aromatic N) is 2. The second kappa shape index (κ2) is 8.51. The molecule has 1 amide bonds. The molecule has 2 rings (SSSR count). The van der Waals surface area contributed by atoms with Gasteiger partial charge in [0.2, 0.25) is 5.91 Å². The zero-order valence-corrected chi connectivity index (χ0v) is 14.3. The Hall–Kier alpha value is -1.10. The lowest BCUT2D eigenvalue weighted by Crippen LogP contribution is -2.49. The summed E-state index contributed by atoms with van der Waals surface area (Å²) in [6.07, 6.45) is 1.19. The zero-order valence-electron chi connectivity index (χ0n) is 13.5. The van der Waals surface area contributed by atoms with Crippen molar-refractivity contribution in [2.45, 2.75) is 26.3 Å². The number of amides is 1. The molecule has 22 heavy (non-hydrogen) atoms. The molecular weight excluding hydrogens is 298 g/mol. The molecule has 0 aromatic heterocycles. The zero-order chi connectivity index (χ0) is 15.9. The molecule has 0 saturated carbocycles. The first-order valence-corrected chi connectivity index (χ1v) is 8.46. The van der Waals surface area contributed by atoms with Crippen LogP contribution in [0.2, 0.25) is 5.02 Å². The third-order valence-corrected chi connectivity index (χ3v) is 4.33. The average Bonchev–Trinajstić information content (AvgIpc) is 2.49. The lowest BCUT2D eigenvalue weighted by Gasteiger charge is -2.34. The first-order chi connectivity index (χ1) is 10.6. The number of piperazine rings is 1. The van der Waals surface area contributed by atoms with Gasteiger partial charge in [-0.1, -0.05) is 30.7 Å². The predicted octanol–water partition coefficient (Wildman–Crippen LogP) is 2.54. The number of hydrogen-bond donors (Lipinski definition) is 1. The first-order valence-electron chi connectivity index (χ1n) is 8.08. The molecule has 1 aromatic carbocycles. The van der Waals surface area contributed by atoms with Crippen molar-refractivity contribution in [3.63, 3.8) is 0 Å². The van der Waals surface area contributed by atoms with Gasteiger partial charge in [-0.25, -0.2) is 0 Å². The van der Waals surface area contributed by atoms with Crippen LogP contribution in [0.3, 0.4) is 0 Å². The number of nitrogens with one attached hydrogen (secondary N) is 1. The van der Waals surface area contributed by atoms with Crippen molar-refractivity contribution in [3.05, 3.63) is 34.9 Å². The van der Waals surface area contributed by atoms with E-state index in [1.165, 1.54) is 6.42 Å². The molecule has 1 heterocycles. The number of hydrogen-bond acceptors (Lipinski definition) is 3. The Morgan fingerprint density at radius 2 is 1.95 bits per heavy atom. The Kier molecular flexibility index (Phi) is 6.68. The van der Waals surface area contributed by atoms with Crippen molar-refractivity contribution in [2.75, 3.05) is 39.3 Å². The molecule has 1 aliphatic rings. The standard InChI is InChI=1S/C17H26ClN3O/c1-3-7-20-8-10-21(11-9-20)13-17(22)19-14(2)15-5-4-6-16(18)12-15/h4-6,12,14H,3,7-11,13H2,1-2H3,(H,19,22)/t14-/m1/s1. The van der Waals surface area contributed by atoms with E-state index in [9.17, 15) is 4.79 Å². The fourth-order valence-electron chi connectivity index (χ4n) is 2.84. The molecule has 1 atom stereocenters. The summed E-state index contributed by atoms with van der Waals surface area (Å²) in [7, 11) is 0. The molecule has 0 bridgehead atoms. The van der Waals surface area contributed by atoms with Crippen LogP contribution in [0.25, 0.3) is 0 Å². The van der Waals surface area contributed by atoms with Crippen LogP contribution in [0.1, 0.15) is 31.9 Å². The monoisotopic (exact) mass is 323 g/mol. The number of carbonyl (C=O) groups excluding carboxylic acids is 1. The molecule has 1 N–H and O–H groups in total. The van der Waals surface area contributed by atoms with Gasteiger partial charge in [0.05, 0.1) is 12.6 Å². The Bertz CT molecular complexity index is 487. The van der Waals surface area contributed by atoms with Crippen LogP contribution in [0.4, 0.5) is 0 Å². The van der Waals surface area contributed by atoms with E-state index in [4.69, 9.17) is 11.6 Å². The van der Waals surface area contributed by atoms with Crippen LogP contribution in [0.15, 0.2) is 24.3 Å². The third-order valence-electron chi connectivity index (χ3n) is 4.10. The van der Waals surface area contributed by atoms with Gasteiger partial charge < -0.3 is 10.2 Å². The molecule has 0 radical (unpaired) electrons. The van der Waals surface area contributed by atoms with Crippen molar-refractivity contribution in [1.82, 2.24) is 15.1 Å². The fraction of sp³-hybridized carbons (Fsp3) is 0.588. The maximum Gasteiger partial charge on any atom is 0.234 e. The van der Waals surface area contributed by atoms with Gasteiger partial charge in [-0.2, -0.15) is 0 Å². The van der Waals surface area contributed by atoms with Crippen LogP contribution >= 0.6 is 11.6 Å². The van der Waals surface area contributed by atoms with Crippen molar-refractivity contribution in [3.8, 4) is 0 Å². The number of carbonyl (C=O) groups is 1. The molecule has 1 aromatic rings.